The van der Waals surface area contributed by atoms with Gasteiger partial charge < -0.3 is 10.1 Å². The van der Waals surface area contributed by atoms with Gasteiger partial charge in [0.2, 0.25) is 0 Å². The van der Waals surface area contributed by atoms with Crippen LogP contribution in [-0.4, -0.2) is 24.0 Å². The third-order valence-electron chi connectivity index (χ3n) is 3.33. The number of benzene rings is 2. The minimum atomic E-state index is -0.231. The van der Waals surface area contributed by atoms with Gasteiger partial charge in [0, 0.05) is 15.4 Å². The molecule has 0 radical (unpaired) electrons. The second kappa shape index (κ2) is 9.18. The third kappa shape index (κ3) is 5.19. The Kier molecular flexibility index (Phi) is 6.42. The van der Waals surface area contributed by atoms with Gasteiger partial charge in [0.15, 0.2) is 0 Å². The molecule has 0 fully saturated rings. The molecule has 6 heteroatoms. The number of nitrogens with one attached hydrogen (secondary N) is 1. The molecular formula is C20H15BrN2O2S. The number of carbonyl (C=O) groups excluding carboxylic acids is 1. The first-order chi connectivity index (χ1) is 12.7. The zero-order chi connectivity index (χ0) is 18.2. The standard InChI is InChI=1S/C20H15BrN2O2S/c21-16-9-6-10-17(13-16)25-12-5-4-11-22-19(24)18-14-26-20(23-18)15-7-2-1-3-8-15/h1-3,6-10,13-14H,11-12H2,(H,22,24). The van der Waals surface area contributed by atoms with Crippen LogP contribution in [0, 0.1) is 11.8 Å². The van der Waals surface area contributed by atoms with Crippen LogP contribution >= 0.6 is 27.3 Å². The summed E-state index contributed by atoms with van der Waals surface area (Å²) in [5, 5.41) is 5.31. The molecule has 26 heavy (non-hydrogen) atoms. The second-order valence-electron chi connectivity index (χ2n) is 5.19. The maximum Gasteiger partial charge on any atom is 0.271 e. The SMILES string of the molecule is O=C(NCC#CCOc1cccc(Br)c1)c1csc(-c2ccccc2)n1. The molecule has 3 aromatic rings. The van der Waals surface area contributed by atoms with Crippen LogP contribution in [0.3, 0.4) is 0 Å². The Morgan fingerprint density at radius 3 is 2.81 bits per heavy atom. The van der Waals surface area contributed by atoms with E-state index < -0.39 is 0 Å². The molecule has 1 aromatic heterocycles. The van der Waals surface area contributed by atoms with Crippen molar-refractivity contribution in [1.29, 1.82) is 0 Å². The highest BCUT2D eigenvalue weighted by molar-refractivity contribution is 9.10. The lowest BCUT2D eigenvalue weighted by Crippen LogP contribution is -2.23. The van der Waals surface area contributed by atoms with Gasteiger partial charge in [0.1, 0.15) is 23.1 Å². The predicted octanol–water partition coefficient (Wildman–Crippen LogP) is 4.38. The van der Waals surface area contributed by atoms with Crippen molar-refractivity contribution < 1.29 is 9.53 Å². The molecule has 0 saturated carbocycles. The number of thiazole rings is 1. The van der Waals surface area contributed by atoms with E-state index in [9.17, 15) is 4.79 Å². The Bertz CT molecular complexity index is 945. The quantitative estimate of drug-likeness (QED) is 0.615. The van der Waals surface area contributed by atoms with Gasteiger partial charge >= 0.3 is 0 Å². The Labute approximate surface area is 164 Å². The predicted molar refractivity (Wildman–Crippen MR) is 107 cm³/mol. The van der Waals surface area contributed by atoms with Gasteiger partial charge in [-0.15, -0.1) is 11.3 Å². The van der Waals surface area contributed by atoms with E-state index in [1.807, 2.05) is 54.6 Å². The molecule has 0 spiro atoms. The number of nitrogens with zero attached hydrogens (tertiary/aromatic N) is 1. The number of hydrogen-bond acceptors (Lipinski definition) is 4. The molecule has 4 nitrogen and oxygen atoms in total. The molecule has 3 rings (SSSR count). The normalized spacial score (nSPS) is 9.88. The average Bonchev–Trinajstić information content (AvgIpc) is 3.15. The van der Waals surface area contributed by atoms with E-state index in [2.05, 4.69) is 38.1 Å². The fourth-order valence-electron chi connectivity index (χ4n) is 2.10. The van der Waals surface area contributed by atoms with Gasteiger partial charge in [-0.05, 0) is 18.2 Å². The summed E-state index contributed by atoms with van der Waals surface area (Å²) in [5.41, 5.74) is 1.40. The summed E-state index contributed by atoms with van der Waals surface area (Å²) >= 11 is 4.83. The maximum atomic E-state index is 12.1. The minimum Gasteiger partial charge on any atom is -0.481 e. The topological polar surface area (TPSA) is 51.2 Å². The lowest BCUT2D eigenvalue weighted by Gasteiger charge is -2.01. The van der Waals surface area contributed by atoms with Crippen molar-refractivity contribution in [2.45, 2.75) is 0 Å². The van der Waals surface area contributed by atoms with Gasteiger partial charge in [0.25, 0.3) is 5.91 Å². The summed E-state index contributed by atoms with van der Waals surface area (Å²) in [5.74, 6) is 6.25. The zero-order valence-corrected chi connectivity index (χ0v) is 16.1. The largest absolute Gasteiger partial charge is 0.481 e. The van der Waals surface area contributed by atoms with E-state index in [0.29, 0.717) is 5.69 Å². The molecule has 1 heterocycles. The van der Waals surface area contributed by atoms with Crippen LogP contribution < -0.4 is 10.1 Å². The Morgan fingerprint density at radius 2 is 2.00 bits per heavy atom. The number of aromatic nitrogens is 1. The van der Waals surface area contributed by atoms with Crippen molar-refractivity contribution >= 4 is 33.2 Å². The fourth-order valence-corrected chi connectivity index (χ4v) is 3.28. The van der Waals surface area contributed by atoms with Crippen LogP contribution in [0.4, 0.5) is 0 Å². The van der Waals surface area contributed by atoms with Crippen molar-refractivity contribution in [3.63, 3.8) is 0 Å². The molecule has 0 bridgehead atoms. The first kappa shape index (κ1) is 18.2. The fraction of sp³-hybridized carbons (Fsp3) is 0.100. The van der Waals surface area contributed by atoms with E-state index in [-0.39, 0.29) is 19.1 Å². The Hall–Kier alpha value is -2.62. The molecular weight excluding hydrogens is 412 g/mol. The number of rotatable bonds is 5. The van der Waals surface area contributed by atoms with Gasteiger partial charge in [-0.3, -0.25) is 4.79 Å². The van der Waals surface area contributed by atoms with Crippen molar-refractivity contribution in [2.75, 3.05) is 13.2 Å². The summed E-state index contributed by atoms with van der Waals surface area (Å²) in [6.45, 7) is 0.514. The third-order valence-corrected chi connectivity index (χ3v) is 4.71. The number of halogens is 1. The molecule has 1 amide bonds. The molecule has 0 aliphatic rings. The van der Waals surface area contributed by atoms with Crippen LogP contribution in [0.5, 0.6) is 5.75 Å². The summed E-state index contributed by atoms with van der Waals surface area (Å²) in [4.78, 5) is 16.5. The smallest absolute Gasteiger partial charge is 0.271 e. The summed E-state index contributed by atoms with van der Waals surface area (Å²) < 4.78 is 6.46. The van der Waals surface area contributed by atoms with E-state index in [4.69, 9.17) is 4.74 Å². The molecule has 0 saturated heterocycles. The molecule has 130 valence electrons. The lowest BCUT2D eigenvalue weighted by atomic mass is 10.2. The van der Waals surface area contributed by atoms with Crippen LogP contribution in [-0.2, 0) is 0 Å². The monoisotopic (exact) mass is 426 g/mol. The summed E-state index contributed by atoms with van der Waals surface area (Å²) in [7, 11) is 0. The van der Waals surface area contributed by atoms with Gasteiger partial charge in [-0.25, -0.2) is 4.98 Å². The van der Waals surface area contributed by atoms with Crippen LogP contribution in [0.15, 0.2) is 64.5 Å². The van der Waals surface area contributed by atoms with Crippen LogP contribution in [0.25, 0.3) is 10.6 Å². The summed E-state index contributed by atoms with van der Waals surface area (Å²) in [6, 6.07) is 17.3. The first-order valence-electron chi connectivity index (χ1n) is 7.85. The highest BCUT2D eigenvalue weighted by Gasteiger charge is 2.10. The zero-order valence-electron chi connectivity index (χ0n) is 13.7. The number of amides is 1. The number of hydrogen-bond donors (Lipinski definition) is 1. The van der Waals surface area contributed by atoms with Gasteiger partial charge in [0.05, 0.1) is 6.54 Å². The first-order valence-corrected chi connectivity index (χ1v) is 9.53. The molecule has 0 aliphatic carbocycles. The van der Waals surface area contributed by atoms with Crippen molar-refractivity contribution in [3.8, 4) is 28.2 Å². The van der Waals surface area contributed by atoms with Crippen LogP contribution in [0.1, 0.15) is 10.5 Å². The second-order valence-corrected chi connectivity index (χ2v) is 6.96. The van der Waals surface area contributed by atoms with Gasteiger partial charge in [-0.2, -0.15) is 0 Å². The van der Waals surface area contributed by atoms with E-state index in [1.165, 1.54) is 11.3 Å². The van der Waals surface area contributed by atoms with Crippen molar-refractivity contribution in [3.05, 3.63) is 70.1 Å². The molecule has 0 aliphatic heterocycles. The average molecular weight is 427 g/mol. The van der Waals surface area contributed by atoms with Crippen molar-refractivity contribution in [2.24, 2.45) is 0 Å². The van der Waals surface area contributed by atoms with E-state index in [0.717, 1.165) is 20.8 Å². The minimum absolute atomic E-state index is 0.231. The Morgan fingerprint density at radius 1 is 1.15 bits per heavy atom. The van der Waals surface area contributed by atoms with Gasteiger partial charge in [-0.1, -0.05) is 64.2 Å². The highest BCUT2D eigenvalue weighted by Crippen LogP contribution is 2.23. The Balaban J connectivity index is 1.46. The molecule has 0 unspecified atom stereocenters. The molecule has 1 N–H and O–H groups in total. The number of carbonyl (C=O) groups is 1. The highest BCUT2D eigenvalue weighted by atomic mass is 79.9. The van der Waals surface area contributed by atoms with E-state index >= 15 is 0 Å². The van der Waals surface area contributed by atoms with Crippen molar-refractivity contribution in [1.82, 2.24) is 10.3 Å². The summed E-state index contributed by atoms with van der Waals surface area (Å²) in [6.07, 6.45) is 0. The number of ether oxygens (including phenoxy) is 1. The lowest BCUT2D eigenvalue weighted by molar-refractivity contribution is 0.0954. The molecule has 0 atom stereocenters. The molecule has 2 aromatic carbocycles. The van der Waals surface area contributed by atoms with E-state index in [1.54, 1.807) is 5.38 Å². The maximum absolute atomic E-state index is 12.1. The van der Waals surface area contributed by atoms with Crippen LogP contribution in [0.2, 0.25) is 0 Å².